The molecule has 0 radical (unpaired) electrons. The SMILES string of the molecule is CCCCN(CCC)CCNCCN1CCNCC1. The Balaban J connectivity index is 1.97. The van der Waals surface area contributed by atoms with Gasteiger partial charge in [0.25, 0.3) is 0 Å². The zero-order valence-electron chi connectivity index (χ0n) is 13.1. The Labute approximate surface area is 119 Å². The minimum Gasteiger partial charge on any atom is -0.314 e. The third kappa shape index (κ3) is 8.58. The van der Waals surface area contributed by atoms with E-state index in [1.165, 1.54) is 58.5 Å². The second-order valence-corrected chi connectivity index (χ2v) is 5.54. The molecule has 0 aromatic heterocycles. The zero-order valence-corrected chi connectivity index (χ0v) is 13.1. The molecule has 1 aliphatic heterocycles. The van der Waals surface area contributed by atoms with E-state index in [0.29, 0.717) is 0 Å². The van der Waals surface area contributed by atoms with Crippen molar-refractivity contribution in [3.63, 3.8) is 0 Å². The van der Waals surface area contributed by atoms with Crippen LogP contribution in [0, 0.1) is 0 Å². The predicted molar refractivity (Wildman–Crippen MR) is 83.8 cm³/mol. The zero-order chi connectivity index (χ0) is 13.8. The van der Waals surface area contributed by atoms with Gasteiger partial charge in [0.1, 0.15) is 0 Å². The molecule has 0 saturated carbocycles. The lowest BCUT2D eigenvalue weighted by Gasteiger charge is -2.27. The first kappa shape index (κ1) is 16.9. The van der Waals surface area contributed by atoms with E-state index in [0.717, 1.165) is 26.2 Å². The number of hydrogen-bond donors (Lipinski definition) is 2. The van der Waals surface area contributed by atoms with E-state index in [2.05, 4.69) is 34.3 Å². The van der Waals surface area contributed by atoms with Gasteiger partial charge in [0, 0.05) is 52.4 Å². The summed E-state index contributed by atoms with van der Waals surface area (Å²) >= 11 is 0. The first-order valence-electron chi connectivity index (χ1n) is 8.23. The molecule has 114 valence electrons. The lowest BCUT2D eigenvalue weighted by molar-refractivity contribution is 0.235. The highest BCUT2D eigenvalue weighted by Crippen LogP contribution is 1.96. The van der Waals surface area contributed by atoms with Crippen LogP contribution < -0.4 is 10.6 Å². The van der Waals surface area contributed by atoms with Crippen molar-refractivity contribution in [2.75, 3.05) is 65.4 Å². The number of unbranched alkanes of at least 4 members (excludes halogenated alkanes) is 1. The molecular weight excluding hydrogens is 236 g/mol. The Hall–Kier alpha value is -0.160. The van der Waals surface area contributed by atoms with Crippen LogP contribution in [-0.4, -0.2) is 75.2 Å². The lowest BCUT2D eigenvalue weighted by atomic mass is 10.3. The van der Waals surface area contributed by atoms with Crippen molar-refractivity contribution in [2.24, 2.45) is 0 Å². The first-order chi connectivity index (χ1) is 9.36. The lowest BCUT2D eigenvalue weighted by Crippen LogP contribution is -2.46. The first-order valence-corrected chi connectivity index (χ1v) is 8.23. The fourth-order valence-electron chi connectivity index (χ4n) is 2.57. The summed E-state index contributed by atoms with van der Waals surface area (Å²) in [6.07, 6.45) is 3.90. The van der Waals surface area contributed by atoms with E-state index in [-0.39, 0.29) is 0 Å². The van der Waals surface area contributed by atoms with Crippen LogP contribution in [0.15, 0.2) is 0 Å². The third-order valence-corrected chi connectivity index (χ3v) is 3.79. The van der Waals surface area contributed by atoms with Crippen LogP contribution in [0.25, 0.3) is 0 Å². The predicted octanol–water partition coefficient (Wildman–Crippen LogP) is 0.993. The van der Waals surface area contributed by atoms with Crippen molar-refractivity contribution >= 4 is 0 Å². The Bertz CT molecular complexity index is 193. The van der Waals surface area contributed by atoms with Gasteiger partial charge >= 0.3 is 0 Å². The second-order valence-electron chi connectivity index (χ2n) is 5.54. The van der Waals surface area contributed by atoms with E-state index in [4.69, 9.17) is 0 Å². The average Bonchev–Trinajstić information content (AvgIpc) is 2.45. The average molecular weight is 270 g/mol. The highest BCUT2D eigenvalue weighted by atomic mass is 15.2. The van der Waals surface area contributed by atoms with Crippen LogP contribution in [0.1, 0.15) is 33.1 Å². The molecule has 0 unspecified atom stereocenters. The molecule has 1 rings (SSSR count). The minimum absolute atomic E-state index is 1.13. The van der Waals surface area contributed by atoms with E-state index >= 15 is 0 Å². The van der Waals surface area contributed by atoms with Gasteiger partial charge in [-0.05, 0) is 25.9 Å². The fourth-order valence-corrected chi connectivity index (χ4v) is 2.57. The maximum Gasteiger partial charge on any atom is 0.0108 e. The van der Waals surface area contributed by atoms with Gasteiger partial charge in [-0.2, -0.15) is 0 Å². The molecule has 4 nitrogen and oxygen atoms in total. The molecular formula is C15H34N4. The molecule has 0 spiro atoms. The molecule has 0 aromatic rings. The van der Waals surface area contributed by atoms with Crippen LogP contribution in [0.2, 0.25) is 0 Å². The molecule has 0 amide bonds. The van der Waals surface area contributed by atoms with E-state index in [1.54, 1.807) is 0 Å². The van der Waals surface area contributed by atoms with Crippen LogP contribution >= 0.6 is 0 Å². The maximum absolute atomic E-state index is 3.59. The van der Waals surface area contributed by atoms with E-state index < -0.39 is 0 Å². The Kier molecular flexibility index (Phi) is 10.4. The van der Waals surface area contributed by atoms with Gasteiger partial charge in [-0.15, -0.1) is 0 Å². The molecule has 1 heterocycles. The topological polar surface area (TPSA) is 30.5 Å². The summed E-state index contributed by atoms with van der Waals surface area (Å²) in [5.74, 6) is 0. The molecule has 0 bridgehead atoms. The van der Waals surface area contributed by atoms with Gasteiger partial charge in [-0.3, -0.25) is 4.90 Å². The molecule has 0 aromatic carbocycles. The maximum atomic E-state index is 3.59. The number of hydrogen-bond acceptors (Lipinski definition) is 4. The second kappa shape index (κ2) is 11.6. The van der Waals surface area contributed by atoms with Gasteiger partial charge in [0.2, 0.25) is 0 Å². The van der Waals surface area contributed by atoms with Crippen molar-refractivity contribution in [2.45, 2.75) is 33.1 Å². The quantitative estimate of drug-likeness (QED) is 0.548. The summed E-state index contributed by atoms with van der Waals surface area (Å²) in [6.45, 7) is 16.5. The molecule has 19 heavy (non-hydrogen) atoms. The molecule has 1 saturated heterocycles. The minimum atomic E-state index is 1.13. The Morgan fingerprint density at radius 3 is 2.47 bits per heavy atom. The summed E-state index contributed by atoms with van der Waals surface area (Å²) in [6, 6.07) is 0. The van der Waals surface area contributed by atoms with Crippen molar-refractivity contribution in [3.05, 3.63) is 0 Å². The molecule has 1 fully saturated rings. The molecule has 0 atom stereocenters. The Morgan fingerprint density at radius 1 is 1.00 bits per heavy atom. The van der Waals surface area contributed by atoms with E-state index in [9.17, 15) is 0 Å². The van der Waals surface area contributed by atoms with E-state index in [1.807, 2.05) is 0 Å². The van der Waals surface area contributed by atoms with Crippen molar-refractivity contribution in [1.82, 2.24) is 20.4 Å². The van der Waals surface area contributed by atoms with Crippen LogP contribution in [0.4, 0.5) is 0 Å². The summed E-state index contributed by atoms with van der Waals surface area (Å²) in [5.41, 5.74) is 0. The molecule has 1 aliphatic rings. The van der Waals surface area contributed by atoms with Gasteiger partial charge in [0.15, 0.2) is 0 Å². The molecule has 4 heteroatoms. The van der Waals surface area contributed by atoms with Gasteiger partial charge in [-0.25, -0.2) is 0 Å². The summed E-state index contributed by atoms with van der Waals surface area (Å²) < 4.78 is 0. The van der Waals surface area contributed by atoms with Gasteiger partial charge in [0.05, 0.1) is 0 Å². The summed E-state index contributed by atoms with van der Waals surface area (Å²) in [4.78, 5) is 5.14. The van der Waals surface area contributed by atoms with Crippen molar-refractivity contribution in [3.8, 4) is 0 Å². The summed E-state index contributed by atoms with van der Waals surface area (Å²) in [7, 11) is 0. The standard InChI is InChI=1S/C15H34N4/c1-3-5-11-18(10-4-2)12-6-16-7-13-19-14-8-17-9-15-19/h16-17H,3-15H2,1-2H3. The normalized spacial score (nSPS) is 17.2. The highest BCUT2D eigenvalue weighted by molar-refractivity contribution is 4.68. The number of nitrogens with zero attached hydrogens (tertiary/aromatic N) is 2. The molecule has 2 N–H and O–H groups in total. The Morgan fingerprint density at radius 2 is 1.79 bits per heavy atom. The van der Waals surface area contributed by atoms with Gasteiger partial charge in [-0.1, -0.05) is 20.3 Å². The highest BCUT2D eigenvalue weighted by Gasteiger charge is 2.08. The van der Waals surface area contributed by atoms with Crippen LogP contribution in [-0.2, 0) is 0 Å². The number of rotatable bonds is 11. The molecule has 0 aliphatic carbocycles. The van der Waals surface area contributed by atoms with Crippen molar-refractivity contribution < 1.29 is 0 Å². The van der Waals surface area contributed by atoms with Gasteiger partial charge < -0.3 is 15.5 Å². The number of piperazine rings is 1. The fraction of sp³-hybridized carbons (Fsp3) is 1.00. The van der Waals surface area contributed by atoms with Crippen molar-refractivity contribution in [1.29, 1.82) is 0 Å². The van der Waals surface area contributed by atoms with Crippen LogP contribution in [0.5, 0.6) is 0 Å². The monoisotopic (exact) mass is 270 g/mol. The third-order valence-electron chi connectivity index (χ3n) is 3.79. The van der Waals surface area contributed by atoms with Crippen LogP contribution in [0.3, 0.4) is 0 Å². The largest absolute Gasteiger partial charge is 0.314 e. The number of nitrogens with one attached hydrogen (secondary N) is 2. The summed E-state index contributed by atoms with van der Waals surface area (Å²) in [5, 5.41) is 6.99. The smallest absolute Gasteiger partial charge is 0.0108 e.